The molecule has 0 heterocycles. The van der Waals surface area contributed by atoms with Gasteiger partial charge in [-0.3, -0.25) is 0 Å². The van der Waals surface area contributed by atoms with Crippen molar-refractivity contribution in [3.63, 3.8) is 0 Å². The first-order valence-electron chi connectivity index (χ1n) is 7.02. The molecule has 2 amide bonds. The molecule has 0 spiro atoms. The van der Waals surface area contributed by atoms with Crippen LogP contribution in [0.3, 0.4) is 0 Å². The fourth-order valence-corrected chi connectivity index (χ4v) is 2.29. The van der Waals surface area contributed by atoms with Crippen molar-refractivity contribution in [1.82, 2.24) is 5.43 Å². The molecule has 0 saturated heterocycles. The maximum absolute atomic E-state index is 12.0. The van der Waals surface area contributed by atoms with Crippen LogP contribution >= 0.6 is 0 Å². The predicted molar refractivity (Wildman–Crippen MR) is 78.9 cm³/mol. The summed E-state index contributed by atoms with van der Waals surface area (Å²) in [5, 5.41) is 3.97. The van der Waals surface area contributed by atoms with Crippen LogP contribution in [0.5, 0.6) is 0 Å². The number of esters is 1. The van der Waals surface area contributed by atoms with Crippen molar-refractivity contribution < 1.29 is 14.3 Å². The Kier molecular flexibility index (Phi) is 5.31. The number of urea groups is 1. The summed E-state index contributed by atoms with van der Waals surface area (Å²) in [6.07, 6.45) is 3.73. The average molecular weight is 289 g/mol. The molecule has 0 radical (unpaired) electrons. The molecule has 1 atom stereocenters. The van der Waals surface area contributed by atoms with Crippen molar-refractivity contribution in [2.75, 3.05) is 0 Å². The summed E-state index contributed by atoms with van der Waals surface area (Å²) in [5.41, 5.74) is 8.67. The van der Waals surface area contributed by atoms with Crippen LogP contribution in [0.4, 0.5) is 4.79 Å². The quantitative estimate of drug-likeness (QED) is 0.507. The zero-order valence-corrected chi connectivity index (χ0v) is 11.7. The number of nitrogens with two attached hydrogens (primary N) is 1. The molecule has 2 rings (SSSR count). The topological polar surface area (TPSA) is 93.8 Å². The summed E-state index contributed by atoms with van der Waals surface area (Å²) >= 11 is 0. The number of amides is 2. The summed E-state index contributed by atoms with van der Waals surface area (Å²) in [5.74, 6) is -0.295. The number of carbonyl (C=O) groups excluding carboxylic acids is 2. The van der Waals surface area contributed by atoms with Gasteiger partial charge in [-0.15, -0.1) is 0 Å². The van der Waals surface area contributed by atoms with Gasteiger partial charge in [-0.1, -0.05) is 18.2 Å². The smallest absolute Gasteiger partial charge is 0.338 e. The Labute approximate surface area is 123 Å². The number of carbonyl (C=O) groups is 2. The minimum Gasteiger partial charge on any atom is -0.459 e. The van der Waals surface area contributed by atoms with E-state index in [2.05, 4.69) is 10.5 Å². The van der Waals surface area contributed by atoms with Crippen LogP contribution in [0.1, 0.15) is 42.5 Å². The largest absolute Gasteiger partial charge is 0.459 e. The standard InChI is InChI=1S/C15H19N3O3/c16-15(20)18-17-12-7-4-8-13(10-9-12)21-14(19)11-5-2-1-3-6-11/h1-3,5-6,13H,4,7-10H2,(H3,16,18,20)/b17-12+/t13-/m1/s1. The molecule has 6 nitrogen and oxygen atoms in total. The zero-order valence-electron chi connectivity index (χ0n) is 11.7. The third-order valence-electron chi connectivity index (χ3n) is 3.35. The number of hydrogen-bond acceptors (Lipinski definition) is 4. The first-order valence-corrected chi connectivity index (χ1v) is 7.02. The highest BCUT2D eigenvalue weighted by atomic mass is 16.5. The first kappa shape index (κ1) is 15.0. The second-order valence-electron chi connectivity index (χ2n) is 4.98. The lowest BCUT2D eigenvalue weighted by atomic mass is 10.1. The van der Waals surface area contributed by atoms with Gasteiger partial charge in [-0.25, -0.2) is 15.0 Å². The number of benzene rings is 1. The number of nitrogens with one attached hydrogen (secondary N) is 1. The summed E-state index contributed by atoms with van der Waals surface area (Å²) in [4.78, 5) is 22.6. The van der Waals surface area contributed by atoms with Crippen LogP contribution < -0.4 is 11.2 Å². The van der Waals surface area contributed by atoms with E-state index in [0.717, 1.165) is 25.0 Å². The Hall–Kier alpha value is -2.37. The average Bonchev–Trinajstić information content (AvgIpc) is 2.71. The maximum atomic E-state index is 12.0. The lowest BCUT2D eigenvalue weighted by Crippen LogP contribution is -2.25. The van der Waals surface area contributed by atoms with Crippen LogP contribution in [-0.2, 0) is 4.74 Å². The van der Waals surface area contributed by atoms with E-state index in [1.165, 1.54) is 0 Å². The van der Waals surface area contributed by atoms with E-state index in [4.69, 9.17) is 10.5 Å². The van der Waals surface area contributed by atoms with E-state index in [1.54, 1.807) is 12.1 Å². The molecule has 1 aromatic carbocycles. The van der Waals surface area contributed by atoms with Gasteiger partial charge in [0.25, 0.3) is 0 Å². The molecule has 1 fully saturated rings. The lowest BCUT2D eigenvalue weighted by molar-refractivity contribution is 0.0270. The monoisotopic (exact) mass is 289 g/mol. The second kappa shape index (κ2) is 7.42. The molecular weight excluding hydrogens is 270 g/mol. The number of hydrogen-bond donors (Lipinski definition) is 2. The minimum atomic E-state index is -0.668. The van der Waals surface area contributed by atoms with Crippen molar-refractivity contribution >= 4 is 17.7 Å². The molecule has 1 aromatic rings. The molecule has 1 saturated carbocycles. The third kappa shape index (κ3) is 4.91. The van der Waals surface area contributed by atoms with Gasteiger partial charge in [-0.05, 0) is 44.2 Å². The van der Waals surface area contributed by atoms with Crippen LogP contribution in [0.2, 0.25) is 0 Å². The van der Waals surface area contributed by atoms with Gasteiger partial charge in [0.1, 0.15) is 6.10 Å². The predicted octanol–water partition coefficient (Wildman–Crippen LogP) is 2.20. The third-order valence-corrected chi connectivity index (χ3v) is 3.35. The van der Waals surface area contributed by atoms with Crippen molar-refractivity contribution in [2.45, 2.75) is 38.2 Å². The van der Waals surface area contributed by atoms with E-state index in [9.17, 15) is 9.59 Å². The van der Waals surface area contributed by atoms with Crippen molar-refractivity contribution in [1.29, 1.82) is 0 Å². The Bertz CT molecular complexity index is 528. The minimum absolute atomic E-state index is 0.112. The maximum Gasteiger partial charge on any atom is 0.338 e. The van der Waals surface area contributed by atoms with E-state index < -0.39 is 6.03 Å². The van der Waals surface area contributed by atoms with Gasteiger partial charge in [0, 0.05) is 5.71 Å². The highest BCUT2D eigenvalue weighted by Gasteiger charge is 2.20. The Balaban J connectivity index is 1.87. The molecule has 0 unspecified atom stereocenters. The Morgan fingerprint density at radius 3 is 2.67 bits per heavy atom. The van der Waals surface area contributed by atoms with E-state index in [1.807, 2.05) is 18.2 Å². The number of primary amides is 1. The summed E-state index contributed by atoms with van der Waals surface area (Å²) in [6, 6.07) is 8.29. The fraction of sp³-hybridized carbons (Fsp3) is 0.400. The van der Waals surface area contributed by atoms with E-state index in [0.29, 0.717) is 18.4 Å². The normalized spacial score (nSPS) is 20.6. The molecule has 112 valence electrons. The molecule has 1 aliphatic rings. The molecule has 1 aliphatic carbocycles. The van der Waals surface area contributed by atoms with Crippen molar-refractivity contribution in [3.8, 4) is 0 Å². The molecule has 3 N–H and O–H groups in total. The van der Waals surface area contributed by atoms with Gasteiger partial charge >= 0.3 is 12.0 Å². The van der Waals surface area contributed by atoms with E-state index in [-0.39, 0.29) is 12.1 Å². The van der Waals surface area contributed by atoms with Crippen LogP contribution in [0.25, 0.3) is 0 Å². The molecule has 0 aromatic heterocycles. The van der Waals surface area contributed by atoms with Crippen LogP contribution in [0, 0.1) is 0 Å². The molecule has 6 heteroatoms. The van der Waals surface area contributed by atoms with Gasteiger partial charge in [0.15, 0.2) is 0 Å². The summed E-state index contributed by atoms with van der Waals surface area (Å²) in [6.45, 7) is 0. The summed E-state index contributed by atoms with van der Waals surface area (Å²) in [7, 11) is 0. The number of rotatable bonds is 3. The van der Waals surface area contributed by atoms with Crippen LogP contribution in [-0.4, -0.2) is 23.8 Å². The van der Waals surface area contributed by atoms with E-state index >= 15 is 0 Å². The first-order chi connectivity index (χ1) is 10.1. The summed E-state index contributed by atoms with van der Waals surface area (Å²) < 4.78 is 5.53. The number of hydrazone groups is 1. The highest BCUT2D eigenvalue weighted by molar-refractivity contribution is 5.89. The Morgan fingerprint density at radius 1 is 1.19 bits per heavy atom. The number of nitrogens with zero attached hydrogens (tertiary/aromatic N) is 1. The van der Waals surface area contributed by atoms with Crippen molar-refractivity contribution in [2.24, 2.45) is 10.8 Å². The fourth-order valence-electron chi connectivity index (χ4n) is 2.29. The SMILES string of the molecule is NC(=O)N/N=C1\CCC[C@@H](OC(=O)c2ccccc2)CC1. The highest BCUT2D eigenvalue weighted by Crippen LogP contribution is 2.20. The molecule has 0 bridgehead atoms. The molecule has 21 heavy (non-hydrogen) atoms. The van der Waals surface area contributed by atoms with Crippen LogP contribution in [0.15, 0.2) is 35.4 Å². The zero-order chi connectivity index (χ0) is 15.1. The van der Waals surface area contributed by atoms with Gasteiger partial charge in [0.05, 0.1) is 5.56 Å². The second-order valence-corrected chi connectivity index (χ2v) is 4.98. The van der Waals surface area contributed by atoms with Crippen molar-refractivity contribution in [3.05, 3.63) is 35.9 Å². The van der Waals surface area contributed by atoms with Gasteiger partial charge in [0.2, 0.25) is 0 Å². The van der Waals surface area contributed by atoms with Gasteiger partial charge < -0.3 is 10.5 Å². The molecular formula is C15H19N3O3. The number of ether oxygens (including phenoxy) is 1. The lowest BCUT2D eigenvalue weighted by Gasteiger charge is -2.15. The van der Waals surface area contributed by atoms with Gasteiger partial charge in [-0.2, -0.15) is 5.10 Å². The molecule has 0 aliphatic heterocycles. The Morgan fingerprint density at radius 2 is 1.95 bits per heavy atom.